The fraction of sp³-hybridized carbons (Fsp3) is 0.600. The molecule has 0 spiro atoms. The molecule has 7 heteroatoms. The number of hydrogen-bond acceptors (Lipinski definition) is 5. The number of esters is 1. The third-order valence-corrected chi connectivity index (χ3v) is 5.45. The maximum atomic E-state index is 13.1. The van der Waals surface area contributed by atoms with Crippen LogP contribution in [-0.2, 0) is 19.1 Å². The van der Waals surface area contributed by atoms with Gasteiger partial charge in [0.15, 0.2) is 5.78 Å². The first kappa shape index (κ1) is 25.6. The van der Waals surface area contributed by atoms with Crippen molar-refractivity contribution in [3.63, 3.8) is 0 Å². The maximum Gasteiger partial charge on any atom is 0.329 e. The topological polar surface area (TPSA) is 92.8 Å². The highest BCUT2D eigenvalue weighted by Gasteiger charge is 2.39. The minimum atomic E-state index is -0.650. The van der Waals surface area contributed by atoms with Gasteiger partial charge in [-0.1, -0.05) is 38.5 Å². The molecule has 3 atom stereocenters. The van der Waals surface area contributed by atoms with Crippen LogP contribution < -0.4 is 5.32 Å². The maximum absolute atomic E-state index is 13.1. The van der Waals surface area contributed by atoms with Crippen molar-refractivity contribution in [2.24, 2.45) is 5.92 Å². The number of carbonyl (C=O) groups is 4. The molecule has 1 aliphatic heterocycles. The number of ketones is 1. The third-order valence-electron chi connectivity index (χ3n) is 5.45. The summed E-state index contributed by atoms with van der Waals surface area (Å²) < 4.78 is 5.47. The van der Waals surface area contributed by atoms with Crippen molar-refractivity contribution in [1.29, 1.82) is 0 Å². The van der Waals surface area contributed by atoms with Crippen LogP contribution in [0.3, 0.4) is 0 Å². The molecule has 0 saturated carbocycles. The predicted octanol–water partition coefficient (Wildman–Crippen LogP) is 3.51. The first-order chi connectivity index (χ1) is 15.0. The number of carbonyl (C=O) groups excluding carboxylic acids is 4. The molecule has 0 aromatic heterocycles. The Morgan fingerprint density at radius 3 is 2.41 bits per heavy atom. The highest BCUT2D eigenvalue weighted by molar-refractivity contribution is 5.98. The highest BCUT2D eigenvalue weighted by Crippen LogP contribution is 2.24. The van der Waals surface area contributed by atoms with Gasteiger partial charge in [-0.15, -0.1) is 0 Å². The van der Waals surface area contributed by atoms with Crippen LogP contribution in [0.5, 0.6) is 0 Å². The Morgan fingerprint density at radius 1 is 1.16 bits per heavy atom. The fourth-order valence-corrected chi connectivity index (χ4v) is 3.89. The van der Waals surface area contributed by atoms with Crippen molar-refractivity contribution >= 4 is 23.6 Å². The van der Waals surface area contributed by atoms with Crippen LogP contribution in [0, 0.1) is 5.92 Å². The van der Waals surface area contributed by atoms with E-state index in [4.69, 9.17) is 4.74 Å². The number of likely N-dealkylation sites (tertiary alicyclic amines) is 1. The average Bonchev–Trinajstić information content (AvgIpc) is 3.22. The Kier molecular flexibility index (Phi) is 8.99. The van der Waals surface area contributed by atoms with Crippen molar-refractivity contribution in [3.05, 3.63) is 35.9 Å². The van der Waals surface area contributed by atoms with E-state index >= 15 is 0 Å². The Labute approximate surface area is 190 Å². The Balaban J connectivity index is 2.01. The van der Waals surface area contributed by atoms with E-state index in [2.05, 4.69) is 5.32 Å². The molecule has 0 bridgehead atoms. The summed E-state index contributed by atoms with van der Waals surface area (Å²) >= 11 is 0. The van der Waals surface area contributed by atoms with Gasteiger partial charge in [0.1, 0.15) is 11.6 Å². The van der Waals surface area contributed by atoms with Crippen LogP contribution in [0.4, 0.5) is 0 Å². The Bertz CT molecular complexity index is 815. The Morgan fingerprint density at radius 2 is 1.81 bits per heavy atom. The van der Waals surface area contributed by atoms with Gasteiger partial charge < -0.3 is 15.0 Å². The summed E-state index contributed by atoms with van der Waals surface area (Å²) in [6.07, 6.45) is 2.52. The van der Waals surface area contributed by atoms with Crippen LogP contribution in [0.25, 0.3) is 0 Å². The van der Waals surface area contributed by atoms with Gasteiger partial charge in [0.05, 0.1) is 6.04 Å². The second kappa shape index (κ2) is 11.2. The van der Waals surface area contributed by atoms with E-state index in [9.17, 15) is 19.2 Å². The smallest absolute Gasteiger partial charge is 0.329 e. The number of ether oxygens (including phenoxy) is 1. The number of nitrogens with zero attached hydrogens (tertiary/aromatic N) is 1. The molecule has 1 N–H and O–H groups in total. The van der Waals surface area contributed by atoms with E-state index in [1.807, 2.05) is 13.0 Å². The summed E-state index contributed by atoms with van der Waals surface area (Å²) in [7, 11) is 0. The molecule has 7 nitrogen and oxygen atoms in total. The van der Waals surface area contributed by atoms with Crippen molar-refractivity contribution in [2.45, 2.75) is 84.4 Å². The summed E-state index contributed by atoms with van der Waals surface area (Å²) in [6, 6.07) is 7.49. The zero-order chi connectivity index (χ0) is 23.9. The van der Waals surface area contributed by atoms with Gasteiger partial charge in [-0.25, -0.2) is 4.79 Å². The lowest BCUT2D eigenvalue weighted by molar-refractivity contribution is -0.163. The van der Waals surface area contributed by atoms with Gasteiger partial charge in [-0.3, -0.25) is 14.4 Å². The lowest BCUT2D eigenvalue weighted by atomic mass is 9.96. The highest BCUT2D eigenvalue weighted by atomic mass is 16.6. The van der Waals surface area contributed by atoms with Crippen molar-refractivity contribution in [3.8, 4) is 0 Å². The molecule has 32 heavy (non-hydrogen) atoms. The summed E-state index contributed by atoms with van der Waals surface area (Å²) in [6.45, 7) is 9.51. The molecule has 1 aromatic rings. The normalized spacial score (nSPS) is 18.0. The number of Topliss-reactive ketones (excluding diaryl/α,β-unsaturated/α-hetero) is 1. The second-order valence-electron chi connectivity index (χ2n) is 9.48. The average molecular weight is 445 g/mol. The summed E-state index contributed by atoms with van der Waals surface area (Å²) in [5.74, 6) is -1.69. The van der Waals surface area contributed by atoms with Gasteiger partial charge in [0.25, 0.3) is 5.91 Å². The standard InChI is InChI=1S/C25H36N2O5/c1-6-11-19(26-22(29)18-12-8-7-9-13-18)21(28)16-17(2)23(30)27-15-10-14-20(27)24(31)32-25(3,4)5/h7-9,12-13,17,19-20H,6,10-11,14-16H2,1-5H3,(H,26,29)/t17?,19?,20-/m0/s1. The minimum Gasteiger partial charge on any atom is -0.458 e. The minimum absolute atomic E-state index is 0.0100. The predicted molar refractivity (Wildman–Crippen MR) is 122 cm³/mol. The number of nitrogens with one attached hydrogen (secondary N) is 1. The number of rotatable bonds is 9. The zero-order valence-corrected chi connectivity index (χ0v) is 19.8. The summed E-state index contributed by atoms with van der Waals surface area (Å²) in [4.78, 5) is 52.6. The number of amides is 2. The molecule has 1 saturated heterocycles. The van der Waals surface area contributed by atoms with E-state index in [0.717, 1.165) is 12.8 Å². The molecule has 1 heterocycles. The molecule has 1 aliphatic rings. The fourth-order valence-electron chi connectivity index (χ4n) is 3.89. The quantitative estimate of drug-likeness (QED) is 0.589. The van der Waals surface area contributed by atoms with Crippen LogP contribution in [0.2, 0.25) is 0 Å². The van der Waals surface area contributed by atoms with E-state index < -0.39 is 29.6 Å². The molecule has 176 valence electrons. The molecule has 1 aromatic carbocycles. The van der Waals surface area contributed by atoms with E-state index in [0.29, 0.717) is 24.9 Å². The summed E-state index contributed by atoms with van der Waals surface area (Å²) in [5, 5.41) is 2.81. The molecule has 2 rings (SSSR count). The first-order valence-corrected chi connectivity index (χ1v) is 11.5. The van der Waals surface area contributed by atoms with Crippen LogP contribution in [-0.4, -0.2) is 52.7 Å². The van der Waals surface area contributed by atoms with Gasteiger partial charge in [-0.05, 0) is 52.2 Å². The lowest BCUT2D eigenvalue weighted by Crippen LogP contribution is -2.47. The van der Waals surface area contributed by atoms with Gasteiger partial charge in [-0.2, -0.15) is 0 Å². The van der Waals surface area contributed by atoms with Gasteiger partial charge in [0.2, 0.25) is 5.91 Å². The molecule has 2 unspecified atom stereocenters. The van der Waals surface area contributed by atoms with E-state index in [1.54, 1.807) is 56.9 Å². The van der Waals surface area contributed by atoms with Crippen molar-refractivity contribution < 1.29 is 23.9 Å². The molecular formula is C25H36N2O5. The summed E-state index contributed by atoms with van der Waals surface area (Å²) in [5.41, 5.74) is -0.136. The molecule has 2 amide bonds. The molecule has 0 radical (unpaired) electrons. The monoisotopic (exact) mass is 444 g/mol. The zero-order valence-electron chi connectivity index (χ0n) is 19.8. The molecular weight excluding hydrogens is 408 g/mol. The third kappa shape index (κ3) is 7.18. The van der Waals surface area contributed by atoms with Crippen molar-refractivity contribution in [2.75, 3.05) is 6.54 Å². The number of benzene rings is 1. The van der Waals surface area contributed by atoms with Gasteiger partial charge >= 0.3 is 5.97 Å². The van der Waals surface area contributed by atoms with Crippen LogP contribution >= 0.6 is 0 Å². The van der Waals surface area contributed by atoms with E-state index in [1.165, 1.54) is 0 Å². The first-order valence-electron chi connectivity index (χ1n) is 11.5. The van der Waals surface area contributed by atoms with Crippen LogP contribution in [0.1, 0.15) is 77.1 Å². The largest absolute Gasteiger partial charge is 0.458 e. The molecule has 0 aliphatic carbocycles. The second-order valence-corrected chi connectivity index (χ2v) is 9.48. The Hall–Kier alpha value is -2.70. The molecule has 1 fully saturated rings. The van der Waals surface area contributed by atoms with Crippen molar-refractivity contribution in [1.82, 2.24) is 10.2 Å². The SMILES string of the molecule is CCCC(NC(=O)c1ccccc1)C(=O)CC(C)C(=O)N1CCC[C@H]1C(=O)OC(C)(C)C. The lowest BCUT2D eigenvalue weighted by Gasteiger charge is -2.29. The van der Waals surface area contributed by atoms with Crippen LogP contribution in [0.15, 0.2) is 30.3 Å². The van der Waals surface area contributed by atoms with Gasteiger partial charge in [0, 0.05) is 24.4 Å². The van der Waals surface area contributed by atoms with E-state index in [-0.39, 0.29) is 24.0 Å². The number of hydrogen-bond donors (Lipinski definition) is 1.